The van der Waals surface area contributed by atoms with E-state index in [9.17, 15) is 10.2 Å². The fourth-order valence-corrected chi connectivity index (χ4v) is 5.44. The van der Waals surface area contributed by atoms with Gasteiger partial charge < -0.3 is 0 Å². The van der Waals surface area contributed by atoms with Gasteiger partial charge in [0.15, 0.2) is 0 Å². The Balaban J connectivity index is 1.52. The Kier molecular flexibility index (Phi) is 7.33. The summed E-state index contributed by atoms with van der Waals surface area (Å²) in [6.07, 6.45) is 10.2. The predicted octanol–water partition coefficient (Wildman–Crippen LogP) is 3.17. The zero-order valence-electron chi connectivity index (χ0n) is 19.0. The fraction of sp³-hybridized carbons (Fsp3) is 0.304. The third kappa shape index (κ3) is 5.51. The Morgan fingerprint density at radius 2 is 2.26 bits per heavy atom. The van der Waals surface area contributed by atoms with Crippen molar-refractivity contribution in [2.75, 3.05) is 6.61 Å². The number of aliphatic hydroxyl groups is 2. The quantitative estimate of drug-likeness (QED) is 0.349. The standard InChI is InChI=1S/C23H23BN6O3S2/c1-13-20(6-3-7-26-13)34-14-8-19(33-18-5-2-4-16-15(18)10-25-12-28-16)22(27-9-14)30-23-29-21(24-35-23)17(32)11-31/h3,6-10,12,17-18,31-32H,2,4-5,11H2,1H3,(H,27,29,30). The summed E-state index contributed by atoms with van der Waals surface area (Å²) in [5.74, 6) is 0.966. The summed E-state index contributed by atoms with van der Waals surface area (Å²) in [5.41, 5.74) is 3.43. The minimum absolute atomic E-state index is 0.199. The number of aliphatic hydroxyl groups excluding tert-OH is 2. The van der Waals surface area contributed by atoms with Gasteiger partial charge in [-0.15, -0.1) is 0 Å². The third-order valence-corrected chi connectivity index (χ3v) is 7.50. The van der Waals surface area contributed by atoms with Gasteiger partial charge in [-0.2, -0.15) is 0 Å². The maximum absolute atomic E-state index is 9.90. The number of nitrogens with one attached hydrogen (secondary N) is 1. The van der Waals surface area contributed by atoms with Gasteiger partial charge in [0.2, 0.25) is 0 Å². The molecule has 3 N–H and O–H groups in total. The number of H-pyrrole nitrogens is 1. The summed E-state index contributed by atoms with van der Waals surface area (Å²) in [7, 11) is 0. The monoisotopic (exact) mass is 506 g/mol. The number of nitrogens with zero attached hydrogens (tertiary/aromatic N) is 5. The molecule has 0 fully saturated rings. The molecule has 0 aromatic carbocycles. The molecule has 35 heavy (non-hydrogen) atoms. The first-order chi connectivity index (χ1) is 17.1. The molecule has 5 rings (SSSR count). The molecule has 2 atom stereocenters. The minimum atomic E-state index is -0.987. The summed E-state index contributed by atoms with van der Waals surface area (Å²) in [5, 5.41) is 19.1. The molecule has 0 spiro atoms. The molecule has 9 nitrogen and oxygen atoms in total. The Labute approximate surface area is 210 Å². The average molecular weight is 506 g/mol. The molecule has 0 radical (unpaired) electrons. The number of aromatic nitrogens is 5. The van der Waals surface area contributed by atoms with Crippen molar-refractivity contribution < 1.29 is 14.9 Å². The molecule has 4 aromatic rings. The number of pyridine rings is 2. The number of hydrogen-bond acceptors (Lipinski definition) is 10. The fourth-order valence-electron chi connectivity index (χ4n) is 3.79. The van der Waals surface area contributed by atoms with Gasteiger partial charge in [0, 0.05) is 0 Å². The Morgan fingerprint density at radius 1 is 1.34 bits per heavy atom. The van der Waals surface area contributed by atoms with Crippen LogP contribution in [0.4, 0.5) is 5.82 Å². The third-order valence-electron chi connectivity index (χ3n) is 5.61. The van der Waals surface area contributed by atoms with E-state index in [1.807, 2.05) is 31.3 Å². The van der Waals surface area contributed by atoms with E-state index in [0.717, 1.165) is 46.0 Å². The second-order valence-electron chi connectivity index (χ2n) is 8.04. The van der Waals surface area contributed by atoms with Gasteiger partial charge in [-0.25, -0.2) is 0 Å². The molecule has 1 aliphatic carbocycles. The summed E-state index contributed by atoms with van der Waals surface area (Å²) >= 11 is 2.88. The van der Waals surface area contributed by atoms with E-state index < -0.39 is 6.10 Å². The van der Waals surface area contributed by atoms with Crippen LogP contribution in [0.25, 0.3) is 0 Å². The van der Waals surface area contributed by atoms with Crippen molar-refractivity contribution in [2.24, 2.45) is 4.99 Å². The van der Waals surface area contributed by atoms with Crippen LogP contribution in [-0.2, 0) is 6.42 Å². The van der Waals surface area contributed by atoms with Crippen LogP contribution in [0.2, 0.25) is 0 Å². The van der Waals surface area contributed by atoms with Gasteiger partial charge in [0.05, 0.1) is 0 Å². The van der Waals surface area contributed by atoms with Crippen molar-refractivity contribution in [3.63, 3.8) is 0 Å². The van der Waals surface area contributed by atoms with Crippen molar-refractivity contribution in [1.29, 1.82) is 0 Å². The number of rotatable bonds is 7. The maximum atomic E-state index is 9.90. The zero-order chi connectivity index (χ0) is 24.2. The first-order valence-corrected chi connectivity index (χ1v) is 12.9. The van der Waals surface area contributed by atoms with E-state index in [0.29, 0.717) is 22.0 Å². The number of aromatic amines is 1. The molecule has 0 saturated heterocycles. The van der Waals surface area contributed by atoms with Gasteiger partial charge in [0.25, 0.3) is 0 Å². The number of hydrogen-bond donors (Lipinski definition) is 3. The van der Waals surface area contributed by atoms with Crippen LogP contribution < -0.4 is 9.54 Å². The van der Waals surface area contributed by atoms with Crippen LogP contribution in [0.3, 0.4) is 0 Å². The molecule has 0 saturated carbocycles. The van der Waals surface area contributed by atoms with Crippen molar-refractivity contribution in [1.82, 2.24) is 24.9 Å². The van der Waals surface area contributed by atoms with Crippen molar-refractivity contribution >= 4 is 34.9 Å². The van der Waals surface area contributed by atoms with E-state index in [1.54, 1.807) is 36.7 Å². The summed E-state index contributed by atoms with van der Waals surface area (Å²) in [6, 6.07) is 5.88. The molecule has 0 amide bonds. The molecule has 0 bridgehead atoms. The summed E-state index contributed by atoms with van der Waals surface area (Å²) in [4.78, 5) is 27.8. The Hall–Kier alpha value is -2.93. The molecule has 0 aliphatic heterocycles. The first kappa shape index (κ1) is 23.8. The van der Waals surface area contributed by atoms with Crippen LogP contribution in [0, 0.1) is 6.92 Å². The molecule has 4 heterocycles. The number of aryl methyl sites for hydroxylation is 2. The first-order valence-electron chi connectivity index (χ1n) is 11.2. The molecular formula is C23H23BN6O3S2. The van der Waals surface area contributed by atoms with E-state index in [4.69, 9.17) is 4.74 Å². The molecule has 2 unspecified atom stereocenters. The van der Waals surface area contributed by atoms with Crippen LogP contribution in [0.1, 0.15) is 47.6 Å². The van der Waals surface area contributed by atoms with Gasteiger partial charge in [0.1, 0.15) is 0 Å². The van der Waals surface area contributed by atoms with Crippen molar-refractivity contribution in [3.05, 3.63) is 70.5 Å². The SMILES string of the molecule is Cc1ncccc1Sc1cnc(/N=c2/[nH]c(C(O)CO)bs2)c(OC2CCCc3ncncc32)c1. The van der Waals surface area contributed by atoms with E-state index in [-0.39, 0.29) is 12.7 Å². The van der Waals surface area contributed by atoms with Crippen molar-refractivity contribution in [2.45, 2.75) is 48.2 Å². The average Bonchev–Trinajstić information content (AvgIpc) is 3.35. The molecule has 178 valence electrons. The number of ether oxygens (including phenoxy) is 1. The van der Waals surface area contributed by atoms with Gasteiger partial charge in [-0.05, 0) is 0 Å². The van der Waals surface area contributed by atoms with Crippen LogP contribution in [-0.4, -0.2) is 47.9 Å². The predicted molar refractivity (Wildman–Crippen MR) is 133 cm³/mol. The van der Waals surface area contributed by atoms with E-state index in [1.165, 1.54) is 11.2 Å². The van der Waals surface area contributed by atoms with Crippen LogP contribution >= 0.6 is 22.9 Å². The molecule has 4 aromatic heterocycles. The van der Waals surface area contributed by atoms with E-state index >= 15 is 0 Å². The van der Waals surface area contributed by atoms with Crippen molar-refractivity contribution in [3.8, 4) is 5.75 Å². The Bertz CT molecular complexity index is 1400. The topological polar surface area (TPSA) is 129 Å². The number of fused-ring (bicyclic) bond motifs is 1. The molecular weight excluding hydrogens is 483 g/mol. The van der Waals surface area contributed by atoms with Crippen LogP contribution in [0.5, 0.6) is 5.75 Å². The second-order valence-corrected chi connectivity index (χ2v) is 10.0. The van der Waals surface area contributed by atoms with Gasteiger partial charge in [-0.3, -0.25) is 0 Å². The summed E-state index contributed by atoms with van der Waals surface area (Å²) < 4.78 is 6.51. The second kappa shape index (κ2) is 10.8. The zero-order valence-corrected chi connectivity index (χ0v) is 20.6. The van der Waals surface area contributed by atoms with E-state index in [2.05, 4.69) is 29.9 Å². The van der Waals surface area contributed by atoms with Crippen LogP contribution in [0.15, 0.2) is 57.9 Å². The normalized spacial score (nSPS) is 16.5. The summed E-state index contributed by atoms with van der Waals surface area (Å²) in [6.45, 7) is 1.60. The Morgan fingerprint density at radius 3 is 3.11 bits per heavy atom. The van der Waals surface area contributed by atoms with Gasteiger partial charge >= 0.3 is 211 Å². The molecule has 12 heteroatoms. The van der Waals surface area contributed by atoms with Gasteiger partial charge in [-0.1, -0.05) is 0 Å². The molecule has 1 aliphatic rings.